The molecular formula is C25H22N4O4. The first kappa shape index (κ1) is 21.8. The van der Waals surface area contributed by atoms with E-state index >= 15 is 0 Å². The van der Waals surface area contributed by atoms with E-state index in [0.29, 0.717) is 12.3 Å². The van der Waals surface area contributed by atoms with Gasteiger partial charge in [-0.3, -0.25) is 19.6 Å². The Morgan fingerprint density at radius 2 is 1.88 bits per heavy atom. The molecule has 0 radical (unpaired) electrons. The Hall–Kier alpha value is -4.46. The van der Waals surface area contributed by atoms with E-state index in [2.05, 4.69) is 10.4 Å². The number of carbonyl (C=O) groups is 1. The lowest BCUT2D eigenvalue weighted by molar-refractivity contribution is -0.385. The largest absolute Gasteiger partial charge is 0.497 e. The molecule has 0 aliphatic carbocycles. The summed E-state index contributed by atoms with van der Waals surface area (Å²) in [4.78, 5) is 23.5. The molecule has 0 saturated heterocycles. The molecule has 33 heavy (non-hydrogen) atoms. The molecule has 0 atom stereocenters. The average molecular weight is 442 g/mol. The maximum Gasteiger partial charge on any atom is 0.282 e. The SMILES string of the molecule is COc1ccc([N+](=O)[O-])c(C(=O)NCc2ccccc2-c2ccc(Cn3cccn3)cc2)c1. The molecule has 0 bridgehead atoms. The van der Waals surface area contributed by atoms with E-state index < -0.39 is 10.8 Å². The van der Waals surface area contributed by atoms with E-state index in [1.807, 2.05) is 65.5 Å². The number of methoxy groups -OCH3 is 1. The predicted octanol–water partition coefficient (Wildman–Crippen LogP) is 4.45. The van der Waals surface area contributed by atoms with Crippen molar-refractivity contribution in [2.75, 3.05) is 7.11 Å². The van der Waals surface area contributed by atoms with Crippen LogP contribution in [0.4, 0.5) is 5.69 Å². The standard InChI is InChI=1S/C25H22N4O4/c1-33-21-11-12-24(29(31)32)23(15-21)25(30)26-16-20-5-2-3-6-22(20)19-9-7-18(8-10-19)17-28-14-4-13-27-28/h2-15H,16-17H2,1H3,(H,26,30). The first-order chi connectivity index (χ1) is 16.0. The lowest BCUT2D eigenvalue weighted by Crippen LogP contribution is -2.24. The van der Waals surface area contributed by atoms with Crippen LogP contribution in [-0.4, -0.2) is 27.7 Å². The van der Waals surface area contributed by atoms with Gasteiger partial charge in [0.2, 0.25) is 0 Å². The van der Waals surface area contributed by atoms with Crippen molar-refractivity contribution in [2.45, 2.75) is 13.1 Å². The summed E-state index contributed by atoms with van der Waals surface area (Å²) in [5.74, 6) is -0.161. The molecule has 4 aromatic rings. The molecule has 1 N–H and O–H groups in total. The van der Waals surface area contributed by atoms with Crippen LogP contribution in [0.25, 0.3) is 11.1 Å². The van der Waals surface area contributed by atoms with Gasteiger partial charge in [-0.05, 0) is 40.5 Å². The number of nitrogens with zero attached hydrogens (tertiary/aromatic N) is 3. The maximum absolute atomic E-state index is 12.8. The topological polar surface area (TPSA) is 99.3 Å². The van der Waals surface area contributed by atoms with Gasteiger partial charge in [0, 0.05) is 25.0 Å². The number of nitrogens with one attached hydrogen (secondary N) is 1. The molecule has 0 unspecified atom stereocenters. The highest BCUT2D eigenvalue weighted by Crippen LogP contribution is 2.26. The highest BCUT2D eigenvalue weighted by atomic mass is 16.6. The summed E-state index contributed by atoms with van der Waals surface area (Å²) < 4.78 is 6.97. The molecule has 0 saturated carbocycles. The Bertz CT molecular complexity index is 1270. The number of ether oxygens (including phenoxy) is 1. The Balaban J connectivity index is 1.52. The van der Waals surface area contributed by atoms with Crippen LogP contribution in [0.1, 0.15) is 21.5 Å². The van der Waals surface area contributed by atoms with Crippen molar-refractivity contribution < 1.29 is 14.5 Å². The molecule has 0 aliphatic heterocycles. The van der Waals surface area contributed by atoms with Crippen LogP contribution in [0.5, 0.6) is 5.75 Å². The smallest absolute Gasteiger partial charge is 0.282 e. The molecule has 3 aromatic carbocycles. The lowest BCUT2D eigenvalue weighted by atomic mass is 9.98. The van der Waals surface area contributed by atoms with E-state index in [-0.39, 0.29) is 17.8 Å². The van der Waals surface area contributed by atoms with Gasteiger partial charge in [0.15, 0.2) is 0 Å². The van der Waals surface area contributed by atoms with Crippen molar-refractivity contribution in [1.82, 2.24) is 15.1 Å². The van der Waals surface area contributed by atoms with Gasteiger partial charge in [0.25, 0.3) is 11.6 Å². The van der Waals surface area contributed by atoms with Gasteiger partial charge >= 0.3 is 0 Å². The summed E-state index contributed by atoms with van der Waals surface area (Å²) in [5.41, 5.74) is 3.70. The van der Waals surface area contributed by atoms with E-state index in [1.165, 1.54) is 25.3 Å². The van der Waals surface area contributed by atoms with Gasteiger partial charge in [-0.2, -0.15) is 5.10 Å². The third kappa shape index (κ3) is 5.07. The van der Waals surface area contributed by atoms with Crippen molar-refractivity contribution in [1.29, 1.82) is 0 Å². The number of rotatable bonds is 8. The van der Waals surface area contributed by atoms with Gasteiger partial charge in [0.05, 0.1) is 18.6 Å². The molecule has 8 nitrogen and oxygen atoms in total. The molecule has 8 heteroatoms. The quantitative estimate of drug-likeness (QED) is 0.321. The van der Waals surface area contributed by atoms with Crippen LogP contribution in [0.15, 0.2) is 85.2 Å². The average Bonchev–Trinajstić information content (AvgIpc) is 3.36. The number of amides is 1. The molecule has 4 rings (SSSR count). The minimum atomic E-state index is -0.576. The summed E-state index contributed by atoms with van der Waals surface area (Å²) >= 11 is 0. The Morgan fingerprint density at radius 3 is 2.58 bits per heavy atom. The van der Waals surface area contributed by atoms with Gasteiger partial charge in [-0.25, -0.2) is 0 Å². The zero-order valence-corrected chi connectivity index (χ0v) is 18.0. The van der Waals surface area contributed by atoms with E-state index in [0.717, 1.165) is 22.3 Å². The number of hydrogen-bond donors (Lipinski definition) is 1. The number of carbonyl (C=O) groups excluding carboxylic acids is 1. The first-order valence-electron chi connectivity index (χ1n) is 10.3. The van der Waals surface area contributed by atoms with Crippen molar-refractivity contribution in [3.05, 3.63) is 112 Å². The van der Waals surface area contributed by atoms with Crippen LogP contribution in [-0.2, 0) is 13.1 Å². The van der Waals surface area contributed by atoms with Crippen molar-refractivity contribution in [2.24, 2.45) is 0 Å². The van der Waals surface area contributed by atoms with Crippen LogP contribution in [0.2, 0.25) is 0 Å². The van der Waals surface area contributed by atoms with E-state index in [4.69, 9.17) is 4.74 Å². The van der Waals surface area contributed by atoms with Crippen molar-refractivity contribution in [3.8, 4) is 16.9 Å². The minimum absolute atomic E-state index is 0.0418. The number of benzene rings is 3. The highest BCUT2D eigenvalue weighted by Gasteiger charge is 2.21. The van der Waals surface area contributed by atoms with Crippen molar-refractivity contribution >= 4 is 11.6 Å². The van der Waals surface area contributed by atoms with Crippen molar-refractivity contribution in [3.63, 3.8) is 0 Å². The number of nitro groups is 1. The molecule has 166 valence electrons. The summed E-state index contributed by atoms with van der Waals surface area (Å²) in [5, 5.41) is 18.4. The Labute approximate surface area is 190 Å². The number of nitro benzene ring substituents is 1. The summed E-state index contributed by atoms with van der Waals surface area (Å²) in [6.45, 7) is 0.905. The van der Waals surface area contributed by atoms with Gasteiger partial charge in [0.1, 0.15) is 11.3 Å². The van der Waals surface area contributed by atoms with Crippen LogP contribution >= 0.6 is 0 Å². The normalized spacial score (nSPS) is 10.6. The second kappa shape index (κ2) is 9.78. The second-order valence-electron chi connectivity index (χ2n) is 7.38. The Morgan fingerprint density at radius 1 is 1.09 bits per heavy atom. The van der Waals surface area contributed by atoms with Crippen LogP contribution in [0.3, 0.4) is 0 Å². The minimum Gasteiger partial charge on any atom is -0.497 e. The molecule has 0 aliphatic rings. The fourth-order valence-corrected chi connectivity index (χ4v) is 3.58. The van der Waals surface area contributed by atoms with E-state index in [9.17, 15) is 14.9 Å². The zero-order valence-electron chi connectivity index (χ0n) is 18.0. The molecule has 1 heterocycles. The van der Waals surface area contributed by atoms with Gasteiger partial charge in [-0.15, -0.1) is 0 Å². The molecule has 0 spiro atoms. The predicted molar refractivity (Wildman–Crippen MR) is 124 cm³/mol. The number of hydrogen-bond acceptors (Lipinski definition) is 5. The zero-order chi connectivity index (χ0) is 23.2. The highest BCUT2D eigenvalue weighted by molar-refractivity contribution is 5.98. The summed E-state index contributed by atoms with van der Waals surface area (Å²) in [6.07, 6.45) is 3.66. The van der Waals surface area contributed by atoms with E-state index in [1.54, 1.807) is 6.20 Å². The molecule has 0 fully saturated rings. The summed E-state index contributed by atoms with van der Waals surface area (Å²) in [6, 6.07) is 21.9. The fourth-order valence-electron chi connectivity index (χ4n) is 3.58. The molecular weight excluding hydrogens is 420 g/mol. The van der Waals surface area contributed by atoms with Gasteiger partial charge < -0.3 is 10.1 Å². The van der Waals surface area contributed by atoms with Crippen LogP contribution in [0, 0.1) is 10.1 Å². The number of aromatic nitrogens is 2. The monoisotopic (exact) mass is 442 g/mol. The maximum atomic E-state index is 12.8. The van der Waals surface area contributed by atoms with Gasteiger partial charge in [-0.1, -0.05) is 48.5 Å². The fraction of sp³-hybridized carbons (Fsp3) is 0.120. The summed E-state index contributed by atoms with van der Waals surface area (Å²) in [7, 11) is 1.44. The first-order valence-corrected chi connectivity index (χ1v) is 10.3. The van der Waals surface area contributed by atoms with Crippen LogP contribution < -0.4 is 10.1 Å². The third-order valence-electron chi connectivity index (χ3n) is 5.27. The lowest BCUT2D eigenvalue weighted by Gasteiger charge is -2.12. The Kier molecular flexibility index (Phi) is 6.45. The second-order valence-corrected chi connectivity index (χ2v) is 7.38. The third-order valence-corrected chi connectivity index (χ3v) is 5.27. The molecule has 1 amide bonds. The molecule has 1 aromatic heterocycles.